The van der Waals surface area contributed by atoms with Gasteiger partial charge in [-0.2, -0.15) is 0 Å². The number of nitrogens with zero attached hydrogens (tertiary/aromatic N) is 1. The van der Waals surface area contributed by atoms with E-state index in [9.17, 15) is 0 Å². The zero-order chi connectivity index (χ0) is 25.7. The van der Waals surface area contributed by atoms with Crippen LogP contribution >= 0.6 is 0 Å². The summed E-state index contributed by atoms with van der Waals surface area (Å²) in [4.78, 5) is 2.51. The van der Waals surface area contributed by atoms with E-state index >= 15 is 0 Å². The first-order valence-corrected chi connectivity index (χ1v) is 13.6. The summed E-state index contributed by atoms with van der Waals surface area (Å²) in [5, 5.41) is 10.5. The Hall–Kier alpha value is -1.30. The highest BCUT2D eigenvalue weighted by atomic mass is 16.7. The number of nitrogens with one attached hydrogen (secondary N) is 3. The zero-order valence-corrected chi connectivity index (χ0v) is 22.8. The van der Waals surface area contributed by atoms with Gasteiger partial charge in [-0.05, 0) is 43.9 Å². The molecular formula is C27H50N4O5. The molecule has 3 N–H and O–H groups in total. The van der Waals surface area contributed by atoms with Crippen LogP contribution in [-0.4, -0.2) is 117 Å². The van der Waals surface area contributed by atoms with Gasteiger partial charge in [-0.15, -0.1) is 0 Å². The standard InChI is InChI=1S/C27H50N4O5/c1-4-34-20-21-35-22-23-36-25-10-8-24(9-11-25)6-5-7-26(27(32-2)33-3)31-18-16-29-14-12-28-13-15-30-17-19-31/h8-11,26-30H,4-7,12-23H2,1-3H3/t26-/m0/s1. The van der Waals surface area contributed by atoms with Crippen LogP contribution in [0.2, 0.25) is 0 Å². The van der Waals surface area contributed by atoms with Crippen LogP contribution in [0.5, 0.6) is 5.75 Å². The Morgan fingerprint density at radius 3 is 1.97 bits per heavy atom. The number of methoxy groups -OCH3 is 2. The lowest BCUT2D eigenvalue weighted by molar-refractivity contribution is -0.148. The smallest absolute Gasteiger partial charge is 0.172 e. The van der Waals surface area contributed by atoms with Gasteiger partial charge >= 0.3 is 0 Å². The van der Waals surface area contributed by atoms with E-state index in [1.54, 1.807) is 14.2 Å². The second-order valence-electron chi connectivity index (χ2n) is 8.89. The molecule has 0 aromatic heterocycles. The molecule has 1 saturated heterocycles. The van der Waals surface area contributed by atoms with E-state index < -0.39 is 0 Å². The number of rotatable bonds is 16. The topological polar surface area (TPSA) is 85.5 Å². The van der Waals surface area contributed by atoms with Crippen molar-refractivity contribution in [2.75, 3.05) is 99.6 Å². The molecule has 0 aliphatic carbocycles. The molecule has 9 heteroatoms. The van der Waals surface area contributed by atoms with Gasteiger partial charge in [0, 0.05) is 73.2 Å². The Labute approximate surface area is 218 Å². The van der Waals surface area contributed by atoms with Crippen LogP contribution in [0.25, 0.3) is 0 Å². The fourth-order valence-corrected chi connectivity index (χ4v) is 4.37. The third-order valence-electron chi connectivity index (χ3n) is 6.32. The van der Waals surface area contributed by atoms with Crippen molar-refractivity contribution in [2.24, 2.45) is 0 Å². The van der Waals surface area contributed by atoms with Gasteiger partial charge in [0.2, 0.25) is 0 Å². The second-order valence-corrected chi connectivity index (χ2v) is 8.89. The van der Waals surface area contributed by atoms with Gasteiger partial charge in [-0.3, -0.25) is 4.90 Å². The molecule has 0 spiro atoms. The molecule has 2 rings (SSSR count). The Morgan fingerprint density at radius 1 is 0.778 bits per heavy atom. The van der Waals surface area contributed by atoms with Crippen molar-refractivity contribution in [3.05, 3.63) is 29.8 Å². The molecule has 0 saturated carbocycles. The molecular weight excluding hydrogens is 460 g/mol. The molecule has 208 valence electrons. The number of benzene rings is 1. The van der Waals surface area contributed by atoms with Gasteiger partial charge in [0.1, 0.15) is 12.4 Å². The van der Waals surface area contributed by atoms with E-state index in [1.807, 2.05) is 19.1 Å². The van der Waals surface area contributed by atoms with Gasteiger partial charge in [0.15, 0.2) is 6.29 Å². The van der Waals surface area contributed by atoms with Crippen LogP contribution < -0.4 is 20.7 Å². The van der Waals surface area contributed by atoms with Crippen LogP contribution in [-0.2, 0) is 25.4 Å². The summed E-state index contributed by atoms with van der Waals surface area (Å²) < 4.78 is 28.0. The maximum Gasteiger partial charge on any atom is 0.172 e. The molecule has 0 bridgehead atoms. The predicted molar refractivity (Wildman–Crippen MR) is 144 cm³/mol. The van der Waals surface area contributed by atoms with Crippen LogP contribution in [0.1, 0.15) is 25.3 Å². The minimum atomic E-state index is -0.244. The first kappa shape index (κ1) is 30.9. The molecule has 1 aromatic rings. The number of hydrogen-bond acceptors (Lipinski definition) is 9. The lowest BCUT2D eigenvalue weighted by Gasteiger charge is -2.36. The van der Waals surface area contributed by atoms with Crippen molar-refractivity contribution in [1.82, 2.24) is 20.9 Å². The minimum absolute atomic E-state index is 0.204. The Morgan fingerprint density at radius 2 is 1.36 bits per heavy atom. The largest absolute Gasteiger partial charge is 0.491 e. The average molecular weight is 511 g/mol. The van der Waals surface area contributed by atoms with Gasteiger partial charge in [0.25, 0.3) is 0 Å². The average Bonchev–Trinajstić information content (AvgIpc) is 2.89. The highest BCUT2D eigenvalue weighted by Crippen LogP contribution is 2.18. The molecule has 1 aliphatic rings. The fourth-order valence-electron chi connectivity index (χ4n) is 4.37. The normalized spacial score (nSPS) is 17.4. The van der Waals surface area contributed by atoms with Crippen molar-refractivity contribution in [1.29, 1.82) is 0 Å². The van der Waals surface area contributed by atoms with Crippen LogP contribution in [0.15, 0.2) is 24.3 Å². The van der Waals surface area contributed by atoms with Crippen molar-refractivity contribution < 1.29 is 23.7 Å². The number of ether oxygens (including phenoxy) is 5. The molecule has 0 unspecified atom stereocenters. The van der Waals surface area contributed by atoms with Crippen LogP contribution in [0.4, 0.5) is 0 Å². The minimum Gasteiger partial charge on any atom is -0.491 e. The summed E-state index contributed by atoms with van der Waals surface area (Å²) >= 11 is 0. The van der Waals surface area contributed by atoms with Crippen molar-refractivity contribution in [3.63, 3.8) is 0 Å². The number of aryl methyl sites for hydroxylation is 1. The van der Waals surface area contributed by atoms with Crippen molar-refractivity contribution >= 4 is 0 Å². The Bertz CT molecular complexity index is 621. The van der Waals surface area contributed by atoms with Gasteiger partial charge in [-0.25, -0.2) is 0 Å². The zero-order valence-electron chi connectivity index (χ0n) is 22.8. The van der Waals surface area contributed by atoms with Crippen LogP contribution in [0.3, 0.4) is 0 Å². The molecule has 1 fully saturated rings. The maximum absolute atomic E-state index is 5.79. The lowest BCUT2D eigenvalue weighted by Crippen LogP contribution is -2.50. The molecule has 1 aliphatic heterocycles. The van der Waals surface area contributed by atoms with E-state index in [0.29, 0.717) is 26.4 Å². The monoisotopic (exact) mass is 510 g/mol. The summed E-state index contributed by atoms with van der Waals surface area (Å²) in [6.45, 7) is 12.8. The molecule has 0 radical (unpaired) electrons. The van der Waals surface area contributed by atoms with E-state index in [0.717, 1.165) is 84.0 Å². The predicted octanol–water partition coefficient (Wildman–Crippen LogP) is 1.51. The summed E-state index contributed by atoms with van der Waals surface area (Å²) in [6.07, 6.45) is 2.83. The Balaban J connectivity index is 1.80. The summed E-state index contributed by atoms with van der Waals surface area (Å²) in [6, 6.07) is 8.60. The van der Waals surface area contributed by atoms with E-state index in [-0.39, 0.29) is 12.3 Å². The van der Waals surface area contributed by atoms with Crippen molar-refractivity contribution in [3.8, 4) is 5.75 Å². The molecule has 0 amide bonds. The first-order valence-electron chi connectivity index (χ1n) is 13.6. The van der Waals surface area contributed by atoms with Gasteiger partial charge in [0.05, 0.1) is 25.9 Å². The van der Waals surface area contributed by atoms with Crippen LogP contribution in [0, 0.1) is 0 Å². The molecule has 9 nitrogen and oxygen atoms in total. The molecule has 1 atom stereocenters. The van der Waals surface area contributed by atoms with E-state index in [4.69, 9.17) is 23.7 Å². The highest BCUT2D eigenvalue weighted by Gasteiger charge is 2.27. The van der Waals surface area contributed by atoms with E-state index in [1.165, 1.54) is 5.56 Å². The van der Waals surface area contributed by atoms with E-state index in [2.05, 4.69) is 33.0 Å². The highest BCUT2D eigenvalue weighted by molar-refractivity contribution is 5.27. The lowest BCUT2D eigenvalue weighted by atomic mass is 10.0. The van der Waals surface area contributed by atoms with Crippen molar-refractivity contribution in [2.45, 2.75) is 38.5 Å². The number of hydrogen-bond donors (Lipinski definition) is 3. The van der Waals surface area contributed by atoms with Gasteiger partial charge in [-0.1, -0.05) is 12.1 Å². The van der Waals surface area contributed by atoms with Gasteiger partial charge < -0.3 is 39.6 Å². The summed E-state index contributed by atoms with van der Waals surface area (Å²) in [7, 11) is 3.48. The molecule has 1 aromatic carbocycles. The second kappa shape index (κ2) is 20.7. The molecule has 36 heavy (non-hydrogen) atoms. The fraction of sp³-hybridized carbons (Fsp3) is 0.778. The maximum atomic E-state index is 5.79. The SMILES string of the molecule is CCOCCOCCOc1ccc(CCC[C@@H](C(OC)OC)N2CCNCCNCCNCC2)cc1. The first-order chi connectivity index (χ1) is 17.8. The third-order valence-corrected chi connectivity index (χ3v) is 6.32. The Kier molecular flexibility index (Phi) is 17.8. The summed E-state index contributed by atoms with van der Waals surface area (Å²) in [5.74, 6) is 0.874. The quantitative estimate of drug-likeness (QED) is 0.226. The molecule has 1 heterocycles. The summed E-state index contributed by atoms with van der Waals surface area (Å²) in [5.41, 5.74) is 1.31. The third kappa shape index (κ3) is 13.3.